The zero-order valence-corrected chi connectivity index (χ0v) is 11.2. The molecule has 0 atom stereocenters. The second kappa shape index (κ2) is 4.37. The molecule has 4 heteroatoms. The summed E-state index contributed by atoms with van der Waals surface area (Å²) in [6.07, 6.45) is 2.37. The van der Waals surface area contributed by atoms with Crippen LogP contribution in [-0.4, -0.2) is 9.55 Å². The molecule has 1 heterocycles. The average molecular weight is 259 g/mol. The lowest BCUT2D eigenvalue weighted by atomic mass is 10.1. The second-order valence-corrected chi connectivity index (χ2v) is 5.45. The van der Waals surface area contributed by atoms with Crippen molar-refractivity contribution in [1.82, 2.24) is 9.55 Å². The number of imidazole rings is 1. The smallest absolute Gasteiger partial charge is 0.131 e. The topological polar surface area (TPSA) is 43.8 Å². The number of anilines is 1. The molecule has 2 N–H and O–H groups in total. The number of benzene rings is 1. The summed E-state index contributed by atoms with van der Waals surface area (Å²) in [7, 11) is 0. The Morgan fingerprint density at radius 2 is 1.89 bits per heavy atom. The number of rotatable bonds is 3. The third-order valence-corrected chi connectivity index (χ3v) is 3.55. The van der Waals surface area contributed by atoms with Crippen molar-refractivity contribution >= 4 is 5.82 Å². The Balaban J connectivity index is 2.11. The van der Waals surface area contributed by atoms with Gasteiger partial charge in [-0.25, -0.2) is 9.37 Å². The van der Waals surface area contributed by atoms with Crippen molar-refractivity contribution in [2.45, 2.75) is 38.6 Å². The molecule has 0 bridgehead atoms. The summed E-state index contributed by atoms with van der Waals surface area (Å²) < 4.78 is 15.1. The van der Waals surface area contributed by atoms with Crippen LogP contribution in [0.15, 0.2) is 24.3 Å². The van der Waals surface area contributed by atoms with Gasteiger partial charge in [-0.3, -0.25) is 0 Å². The zero-order valence-electron chi connectivity index (χ0n) is 11.2. The van der Waals surface area contributed by atoms with Crippen LogP contribution in [-0.2, 0) is 0 Å². The first kappa shape index (κ1) is 12.2. The van der Waals surface area contributed by atoms with Crippen LogP contribution in [0.25, 0.3) is 11.3 Å². The number of nitrogens with zero attached hydrogens (tertiary/aromatic N) is 2. The number of nitrogen functional groups attached to an aromatic ring is 1. The van der Waals surface area contributed by atoms with Crippen molar-refractivity contribution in [3.63, 3.8) is 0 Å². The standard InChI is InChI=1S/C15H18FN3/c1-9(2)19-14(17)13(18-15(19)11-3-4-11)10-5-7-12(16)8-6-10/h5-9,11H,3-4,17H2,1-2H3. The van der Waals surface area contributed by atoms with Crippen LogP contribution in [0.1, 0.15) is 44.5 Å². The monoisotopic (exact) mass is 259 g/mol. The highest BCUT2D eigenvalue weighted by Crippen LogP contribution is 2.43. The molecule has 0 amide bonds. The quantitative estimate of drug-likeness (QED) is 0.912. The van der Waals surface area contributed by atoms with Gasteiger partial charge in [0.1, 0.15) is 23.2 Å². The lowest BCUT2D eigenvalue weighted by molar-refractivity contribution is 0.576. The Morgan fingerprint density at radius 1 is 1.26 bits per heavy atom. The van der Waals surface area contributed by atoms with Gasteiger partial charge in [0.15, 0.2) is 0 Å². The van der Waals surface area contributed by atoms with Crippen LogP contribution in [0.3, 0.4) is 0 Å². The molecule has 1 saturated carbocycles. The van der Waals surface area contributed by atoms with Crippen LogP contribution in [0.5, 0.6) is 0 Å². The molecule has 0 saturated heterocycles. The lowest BCUT2D eigenvalue weighted by Crippen LogP contribution is -2.08. The molecule has 0 aliphatic heterocycles. The average Bonchev–Trinajstić information content (AvgIpc) is 3.14. The summed E-state index contributed by atoms with van der Waals surface area (Å²) in [6, 6.07) is 6.64. The largest absolute Gasteiger partial charge is 0.383 e. The van der Waals surface area contributed by atoms with Gasteiger partial charge < -0.3 is 10.3 Å². The SMILES string of the molecule is CC(C)n1c(C2CC2)nc(-c2ccc(F)cc2)c1N. The maximum Gasteiger partial charge on any atom is 0.131 e. The molecule has 1 aliphatic carbocycles. The van der Waals surface area contributed by atoms with Gasteiger partial charge >= 0.3 is 0 Å². The van der Waals surface area contributed by atoms with Crippen molar-refractivity contribution in [3.05, 3.63) is 35.9 Å². The van der Waals surface area contributed by atoms with Crippen molar-refractivity contribution in [2.75, 3.05) is 5.73 Å². The first-order valence-corrected chi connectivity index (χ1v) is 6.71. The van der Waals surface area contributed by atoms with E-state index in [0.29, 0.717) is 11.7 Å². The van der Waals surface area contributed by atoms with E-state index in [1.807, 2.05) is 0 Å². The molecule has 3 nitrogen and oxygen atoms in total. The molecule has 3 rings (SSSR count). The third-order valence-electron chi connectivity index (χ3n) is 3.55. The predicted molar refractivity (Wildman–Crippen MR) is 74.4 cm³/mol. The zero-order chi connectivity index (χ0) is 13.6. The minimum absolute atomic E-state index is 0.243. The van der Waals surface area contributed by atoms with Gasteiger partial charge in [0, 0.05) is 17.5 Å². The predicted octanol–water partition coefficient (Wildman–Crippen LogP) is 3.73. The first-order valence-electron chi connectivity index (χ1n) is 6.71. The minimum Gasteiger partial charge on any atom is -0.383 e. The number of hydrogen-bond donors (Lipinski definition) is 1. The first-order chi connectivity index (χ1) is 9.08. The molecule has 0 radical (unpaired) electrons. The van der Waals surface area contributed by atoms with E-state index in [2.05, 4.69) is 18.4 Å². The van der Waals surface area contributed by atoms with Gasteiger partial charge in [-0.2, -0.15) is 0 Å². The maximum absolute atomic E-state index is 13.0. The molecule has 1 aliphatic rings. The van der Waals surface area contributed by atoms with E-state index < -0.39 is 0 Å². The molecule has 0 spiro atoms. The Morgan fingerprint density at radius 3 is 2.42 bits per heavy atom. The third kappa shape index (κ3) is 2.11. The molecule has 19 heavy (non-hydrogen) atoms. The van der Waals surface area contributed by atoms with Gasteiger partial charge in [0.05, 0.1) is 0 Å². The van der Waals surface area contributed by atoms with Gasteiger partial charge in [-0.1, -0.05) is 0 Å². The van der Waals surface area contributed by atoms with Gasteiger partial charge in [0.2, 0.25) is 0 Å². The van der Waals surface area contributed by atoms with Crippen LogP contribution >= 0.6 is 0 Å². The highest BCUT2D eigenvalue weighted by atomic mass is 19.1. The van der Waals surface area contributed by atoms with E-state index in [0.717, 1.165) is 17.1 Å². The summed E-state index contributed by atoms with van der Waals surface area (Å²) in [6.45, 7) is 4.22. The molecule has 100 valence electrons. The molecule has 1 aromatic heterocycles. The number of hydrogen-bond acceptors (Lipinski definition) is 2. The normalized spacial score (nSPS) is 15.2. The van der Waals surface area contributed by atoms with E-state index in [4.69, 9.17) is 10.7 Å². The van der Waals surface area contributed by atoms with Crippen molar-refractivity contribution in [2.24, 2.45) is 0 Å². The molecular formula is C15H18FN3. The van der Waals surface area contributed by atoms with E-state index >= 15 is 0 Å². The van der Waals surface area contributed by atoms with Crippen LogP contribution in [0.4, 0.5) is 10.2 Å². The van der Waals surface area contributed by atoms with Crippen molar-refractivity contribution < 1.29 is 4.39 Å². The number of nitrogens with two attached hydrogens (primary N) is 1. The van der Waals surface area contributed by atoms with E-state index in [9.17, 15) is 4.39 Å². The molecular weight excluding hydrogens is 241 g/mol. The fourth-order valence-electron chi connectivity index (χ4n) is 2.46. The fourth-order valence-corrected chi connectivity index (χ4v) is 2.46. The summed E-state index contributed by atoms with van der Waals surface area (Å²) in [5.74, 6) is 2.06. The molecule has 1 fully saturated rings. The highest BCUT2D eigenvalue weighted by molar-refractivity contribution is 5.71. The Hall–Kier alpha value is -1.84. The van der Waals surface area contributed by atoms with E-state index in [1.165, 1.54) is 25.0 Å². The summed E-state index contributed by atoms with van der Waals surface area (Å²) in [5, 5.41) is 0. The lowest BCUT2D eigenvalue weighted by Gasteiger charge is -2.13. The van der Waals surface area contributed by atoms with Crippen molar-refractivity contribution in [1.29, 1.82) is 0 Å². The Labute approximate surface area is 112 Å². The molecule has 0 unspecified atom stereocenters. The number of aromatic nitrogens is 2. The second-order valence-electron chi connectivity index (χ2n) is 5.45. The Bertz CT molecular complexity index is 595. The van der Waals surface area contributed by atoms with Crippen LogP contribution in [0.2, 0.25) is 0 Å². The van der Waals surface area contributed by atoms with Crippen molar-refractivity contribution in [3.8, 4) is 11.3 Å². The highest BCUT2D eigenvalue weighted by Gasteiger charge is 2.31. The summed E-state index contributed by atoms with van der Waals surface area (Å²) in [4.78, 5) is 4.71. The summed E-state index contributed by atoms with van der Waals surface area (Å²) >= 11 is 0. The summed E-state index contributed by atoms with van der Waals surface area (Å²) in [5.41, 5.74) is 7.90. The molecule has 1 aromatic carbocycles. The number of halogens is 1. The molecule has 2 aromatic rings. The van der Waals surface area contributed by atoms with Gasteiger partial charge in [-0.05, 0) is 51.0 Å². The van der Waals surface area contributed by atoms with Gasteiger partial charge in [0.25, 0.3) is 0 Å². The van der Waals surface area contributed by atoms with Crippen LogP contribution < -0.4 is 5.73 Å². The van der Waals surface area contributed by atoms with E-state index in [1.54, 1.807) is 12.1 Å². The fraction of sp³-hybridized carbons (Fsp3) is 0.400. The maximum atomic E-state index is 13.0. The van der Waals surface area contributed by atoms with E-state index in [-0.39, 0.29) is 11.9 Å². The van der Waals surface area contributed by atoms with Crippen LogP contribution in [0, 0.1) is 5.82 Å². The van der Waals surface area contributed by atoms with Gasteiger partial charge in [-0.15, -0.1) is 0 Å². The Kier molecular flexibility index (Phi) is 2.81. The minimum atomic E-state index is -0.243.